The Balaban J connectivity index is 4.25. The number of carbonyl (C=O) groups excluding carboxylic acids is 1. The average Bonchev–Trinajstić information content (AvgIpc) is 3.05. The second-order valence-corrected chi connectivity index (χ2v) is 15.5. The molecule has 48 heavy (non-hydrogen) atoms. The number of rotatable bonds is 38. The van der Waals surface area contributed by atoms with Gasteiger partial charge in [0, 0.05) is 13.0 Å². The zero-order chi connectivity index (χ0) is 35.6. The van der Waals surface area contributed by atoms with E-state index in [1.54, 1.807) is 0 Å². The topological polar surface area (TPSA) is 143 Å². The molecule has 0 aromatic rings. The van der Waals surface area contributed by atoms with Crippen molar-refractivity contribution in [3.63, 3.8) is 0 Å². The van der Waals surface area contributed by atoms with Crippen LogP contribution < -0.4 is 0 Å². The molecule has 0 aliphatic rings. The maximum atomic E-state index is 12.6. The predicted molar refractivity (Wildman–Crippen MR) is 196 cm³/mol. The maximum Gasteiger partial charge on any atom is 0.356 e. The molecule has 0 bridgehead atoms. The molecule has 0 amide bonds. The zero-order valence-corrected chi connectivity index (χ0v) is 32.0. The van der Waals surface area contributed by atoms with Crippen molar-refractivity contribution in [3.05, 3.63) is 0 Å². The number of esters is 1. The smallest absolute Gasteiger partial charge is 0.356 e. The molecule has 0 rings (SSSR count). The van der Waals surface area contributed by atoms with Crippen LogP contribution in [0, 0.1) is 0 Å². The van der Waals surface area contributed by atoms with Crippen LogP contribution >= 0.6 is 7.60 Å². The molecular weight excluding hydrogens is 631 g/mol. The van der Waals surface area contributed by atoms with E-state index in [0.29, 0.717) is 6.61 Å². The van der Waals surface area contributed by atoms with Gasteiger partial charge < -0.3 is 34.2 Å². The lowest BCUT2D eigenvalue weighted by molar-refractivity contribution is -0.158. The fourth-order valence-corrected chi connectivity index (χ4v) is 6.81. The molecule has 0 saturated carbocycles. The quantitative estimate of drug-likeness (QED) is 0.0280. The number of hydrogen-bond acceptors (Lipinski definition) is 7. The summed E-state index contributed by atoms with van der Waals surface area (Å²) < 4.78 is 28.4. The molecule has 2 unspecified atom stereocenters. The third-order valence-electron chi connectivity index (χ3n) is 9.03. The Labute approximate surface area is 294 Å². The lowest BCUT2D eigenvalue weighted by Crippen LogP contribution is -2.37. The first-order chi connectivity index (χ1) is 23.3. The van der Waals surface area contributed by atoms with Gasteiger partial charge in [-0.25, -0.2) is 0 Å². The Morgan fingerprint density at radius 2 is 0.958 bits per heavy atom. The molecule has 0 aliphatic heterocycles. The minimum atomic E-state index is -4.86. The molecule has 0 aromatic carbocycles. The highest BCUT2D eigenvalue weighted by molar-refractivity contribution is 7.52. The number of aliphatic hydroxyl groups excluding tert-OH is 2. The second-order valence-electron chi connectivity index (χ2n) is 13.8. The predicted octanol–water partition coefficient (Wildman–Crippen LogP) is 9.75. The van der Waals surface area contributed by atoms with E-state index in [1.165, 1.54) is 135 Å². The molecule has 0 aromatic heterocycles. The minimum Gasteiger partial charge on any atom is -0.457 e. The standard InChI is InChI=1S/C38H77O9P/c1-3-5-7-9-11-13-15-17-19-21-23-25-27-29-31-45-33-35(34-46-38(36(40)32-39)48(42,43)44)47-37(41)30-28-26-24-22-20-18-16-14-12-10-8-6-4-2/h35-36,38-40H,3-34H2,1-2H3,(H2,42,43,44)/t35-,36?,38?/m1/s1. The van der Waals surface area contributed by atoms with Crippen molar-refractivity contribution in [2.75, 3.05) is 26.4 Å². The Bertz CT molecular complexity index is 733. The SMILES string of the molecule is CCCCCCCCCCCCCCCCOC[C@H](COC(C(O)CO)P(=O)(O)O)OC(=O)CCCCCCCCCCCCCCC. The number of hydrogen-bond donors (Lipinski definition) is 4. The Hall–Kier alpha value is -0.540. The number of ether oxygens (including phenoxy) is 3. The zero-order valence-electron chi connectivity index (χ0n) is 31.1. The summed E-state index contributed by atoms with van der Waals surface area (Å²) in [5.41, 5.74) is 0. The molecule has 10 heteroatoms. The molecule has 0 aliphatic carbocycles. The van der Waals surface area contributed by atoms with Crippen molar-refractivity contribution in [3.8, 4) is 0 Å². The van der Waals surface area contributed by atoms with Crippen LogP contribution in [0.25, 0.3) is 0 Å². The molecule has 9 nitrogen and oxygen atoms in total. The average molecular weight is 709 g/mol. The van der Waals surface area contributed by atoms with Crippen LogP contribution in [0.3, 0.4) is 0 Å². The molecule has 0 fully saturated rings. The van der Waals surface area contributed by atoms with Gasteiger partial charge in [-0.3, -0.25) is 9.36 Å². The van der Waals surface area contributed by atoms with E-state index >= 15 is 0 Å². The summed E-state index contributed by atoms with van der Waals surface area (Å²) in [6.07, 6.45) is 31.1. The lowest BCUT2D eigenvalue weighted by atomic mass is 10.0. The molecule has 0 radical (unpaired) electrons. The van der Waals surface area contributed by atoms with Crippen LogP contribution in [0.2, 0.25) is 0 Å². The van der Waals surface area contributed by atoms with Crippen LogP contribution in [-0.2, 0) is 23.6 Å². The summed E-state index contributed by atoms with van der Waals surface area (Å²) in [4.78, 5) is 31.7. The van der Waals surface area contributed by atoms with Gasteiger partial charge in [0.2, 0.25) is 0 Å². The van der Waals surface area contributed by atoms with Gasteiger partial charge in [0.05, 0.1) is 19.8 Å². The van der Waals surface area contributed by atoms with Crippen molar-refractivity contribution in [1.82, 2.24) is 0 Å². The Morgan fingerprint density at radius 3 is 1.33 bits per heavy atom. The van der Waals surface area contributed by atoms with E-state index < -0.39 is 38.2 Å². The minimum absolute atomic E-state index is 0.0336. The van der Waals surface area contributed by atoms with Crippen LogP contribution in [-0.4, -0.2) is 70.4 Å². The maximum absolute atomic E-state index is 12.6. The van der Waals surface area contributed by atoms with Crippen molar-refractivity contribution >= 4 is 13.6 Å². The second kappa shape index (κ2) is 34.9. The number of carbonyl (C=O) groups is 1. The summed E-state index contributed by atoms with van der Waals surface area (Å²) >= 11 is 0. The molecule has 0 heterocycles. The normalized spacial score (nSPS) is 13.9. The highest BCUT2D eigenvalue weighted by atomic mass is 31.2. The molecular formula is C38H77O9P. The summed E-state index contributed by atoms with van der Waals surface area (Å²) in [5, 5.41) is 19.1. The van der Waals surface area contributed by atoms with Gasteiger partial charge in [0.1, 0.15) is 12.2 Å². The summed E-state index contributed by atoms with van der Waals surface area (Å²) in [5.74, 6) is -2.31. The van der Waals surface area contributed by atoms with E-state index in [-0.39, 0.29) is 19.6 Å². The van der Waals surface area contributed by atoms with E-state index in [4.69, 9.17) is 14.2 Å². The summed E-state index contributed by atoms with van der Waals surface area (Å²) in [6.45, 7) is 3.81. The van der Waals surface area contributed by atoms with Gasteiger partial charge in [-0.05, 0) is 12.8 Å². The molecule has 0 saturated heterocycles. The van der Waals surface area contributed by atoms with E-state index in [0.717, 1.165) is 38.5 Å². The Kier molecular flexibility index (Phi) is 34.5. The van der Waals surface area contributed by atoms with Gasteiger partial charge in [-0.2, -0.15) is 0 Å². The monoisotopic (exact) mass is 709 g/mol. The van der Waals surface area contributed by atoms with E-state index in [9.17, 15) is 29.4 Å². The largest absolute Gasteiger partial charge is 0.457 e. The van der Waals surface area contributed by atoms with Gasteiger partial charge in [0.25, 0.3) is 0 Å². The van der Waals surface area contributed by atoms with Gasteiger partial charge in [-0.15, -0.1) is 0 Å². The third kappa shape index (κ3) is 31.4. The lowest BCUT2D eigenvalue weighted by Gasteiger charge is -2.25. The summed E-state index contributed by atoms with van der Waals surface area (Å²) in [7, 11) is -4.86. The fraction of sp³-hybridized carbons (Fsp3) is 0.974. The van der Waals surface area contributed by atoms with Crippen molar-refractivity contribution < 1.29 is 43.6 Å². The Morgan fingerprint density at radius 1 is 0.583 bits per heavy atom. The first-order valence-corrected chi connectivity index (χ1v) is 21.7. The van der Waals surface area contributed by atoms with Crippen LogP contribution in [0.4, 0.5) is 0 Å². The molecule has 288 valence electrons. The van der Waals surface area contributed by atoms with Crippen molar-refractivity contribution in [1.29, 1.82) is 0 Å². The van der Waals surface area contributed by atoms with Crippen molar-refractivity contribution in [2.24, 2.45) is 0 Å². The van der Waals surface area contributed by atoms with Gasteiger partial charge >= 0.3 is 13.6 Å². The highest BCUT2D eigenvalue weighted by Crippen LogP contribution is 2.43. The van der Waals surface area contributed by atoms with E-state index in [2.05, 4.69) is 13.8 Å². The number of unbranched alkanes of at least 4 members (excludes halogenated alkanes) is 25. The van der Waals surface area contributed by atoms with Gasteiger partial charge in [0.15, 0.2) is 5.85 Å². The van der Waals surface area contributed by atoms with Crippen LogP contribution in [0.15, 0.2) is 0 Å². The molecule has 0 spiro atoms. The van der Waals surface area contributed by atoms with Crippen molar-refractivity contribution in [2.45, 2.75) is 212 Å². The van der Waals surface area contributed by atoms with Crippen LogP contribution in [0.1, 0.15) is 194 Å². The molecule has 3 atom stereocenters. The first kappa shape index (κ1) is 47.5. The van der Waals surface area contributed by atoms with Crippen LogP contribution in [0.5, 0.6) is 0 Å². The summed E-state index contributed by atoms with van der Waals surface area (Å²) in [6, 6.07) is 0. The van der Waals surface area contributed by atoms with E-state index in [1.807, 2.05) is 0 Å². The third-order valence-corrected chi connectivity index (χ3v) is 10.2. The molecule has 4 N–H and O–H groups in total. The number of aliphatic hydroxyl groups is 2. The highest BCUT2D eigenvalue weighted by Gasteiger charge is 2.37. The fourth-order valence-electron chi connectivity index (χ4n) is 5.99. The first-order valence-electron chi connectivity index (χ1n) is 20.0. The van der Waals surface area contributed by atoms with Gasteiger partial charge in [-0.1, -0.05) is 174 Å².